The number of hydrogen-bond donors (Lipinski definition) is 0. The first-order chi connectivity index (χ1) is 13.1. The Bertz CT molecular complexity index is 1060. The van der Waals surface area contributed by atoms with Crippen molar-refractivity contribution in [2.45, 2.75) is 0 Å². The van der Waals surface area contributed by atoms with E-state index in [4.69, 9.17) is 13.9 Å². The monoisotopic (exact) mass is 423 g/mol. The number of carbonyl (C=O) groups is 1. The van der Waals surface area contributed by atoms with Gasteiger partial charge in [-0.25, -0.2) is 9.79 Å². The molecule has 0 atom stereocenters. The normalized spacial score (nSPS) is 15.0. The van der Waals surface area contributed by atoms with Gasteiger partial charge in [0.05, 0.1) is 12.7 Å². The van der Waals surface area contributed by atoms with E-state index in [1.165, 1.54) is 0 Å². The molecule has 6 heteroatoms. The van der Waals surface area contributed by atoms with Gasteiger partial charge >= 0.3 is 5.97 Å². The highest BCUT2D eigenvalue weighted by Gasteiger charge is 2.26. The molecule has 1 aliphatic rings. The molecule has 0 N–H and O–H groups in total. The molecule has 0 aliphatic carbocycles. The van der Waals surface area contributed by atoms with Crippen molar-refractivity contribution in [3.63, 3.8) is 0 Å². The number of carbonyl (C=O) groups excluding carboxylic acids is 1. The van der Waals surface area contributed by atoms with Crippen LogP contribution in [0.25, 0.3) is 17.4 Å². The number of nitrogens with zero attached hydrogens (tertiary/aromatic N) is 1. The fraction of sp³-hybridized carbons (Fsp3) is 0.0476. The summed E-state index contributed by atoms with van der Waals surface area (Å²) in [5.41, 5.74) is 1.73. The van der Waals surface area contributed by atoms with Crippen LogP contribution in [-0.2, 0) is 9.53 Å². The third-order valence-electron chi connectivity index (χ3n) is 3.99. The Kier molecular flexibility index (Phi) is 4.64. The van der Waals surface area contributed by atoms with Gasteiger partial charge in [-0.05, 0) is 36.4 Å². The van der Waals surface area contributed by atoms with Gasteiger partial charge < -0.3 is 13.9 Å². The van der Waals surface area contributed by atoms with Gasteiger partial charge in [-0.1, -0.05) is 40.2 Å². The van der Waals surface area contributed by atoms with E-state index in [1.54, 1.807) is 31.4 Å². The number of esters is 1. The zero-order chi connectivity index (χ0) is 18.8. The van der Waals surface area contributed by atoms with Crippen LogP contribution in [0, 0.1) is 0 Å². The summed E-state index contributed by atoms with van der Waals surface area (Å²) in [5, 5.41) is 0. The number of hydrogen-bond acceptors (Lipinski definition) is 5. The molecule has 0 saturated carbocycles. The second-order valence-corrected chi connectivity index (χ2v) is 6.66. The van der Waals surface area contributed by atoms with E-state index >= 15 is 0 Å². The number of aliphatic imine (C=N–C) groups is 1. The zero-order valence-electron chi connectivity index (χ0n) is 14.3. The minimum atomic E-state index is -0.530. The molecule has 0 unspecified atom stereocenters. The molecule has 0 bridgehead atoms. The number of halogens is 1. The molecule has 2 aromatic carbocycles. The van der Waals surface area contributed by atoms with Crippen LogP contribution in [-0.4, -0.2) is 19.0 Å². The van der Waals surface area contributed by atoms with Gasteiger partial charge in [0.25, 0.3) is 0 Å². The van der Waals surface area contributed by atoms with E-state index in [0.29, 0.717) is 22.8 Å². The molecule has 1 aliphatic heterocycles. The standard InChI is InChI=1S/C21H14BrNO4/c1-25-19-5-3-2-4-16(19)20-23-17(21(24)27-20)12-15-10-11-18(26-15)13-6-8-14(22)9-7-13/h2-12H,1H3/b17-12-. The van der Waals surface area contributed by atoms with Gasteiger partial charge in [0, 0.05) is 16.1 Å². The molecule has 1 aromatic heterocycles. The van der Waals surface area contributed by atoms with Crippen LogP contribution in [0.3, 0.4) is 0 Å². The molecule has 0 saturated heterocycles. The summed E-state index contributed by atoms with van der Waals surface area (Å²) < 4.78 is 17.4. The Hall–Kier alpha value is -3.12. The first-order valence-corrected chi connectivity index (χ1v) is 8.95. The highest BCUT2D eigenvalue weighted by Crippen LogP contribution is 2.28. The molecule has 0 spiro atoms. The molecule has 0 radical (unpaired) electrons. The number of benzene rings is 2. The van der Waals surface area contributed by atoms with Crippen LogP contribution < -0.4 is 4.74 Å². The van der Waals surface area contributed by atoms with Crippen molar-refractivity contribution in [2.75, 3.05) is 7.11 Å². The average Bonchev–Trinajstić information content (AvgIpc) is 3.30. The molecule has 0 fully saturated rings. The minimum absolute atomic E-state index is 0.174. The second kappa shape index (κ2) is 7.25. The van der Waals surface area contributed by atoms with Crippen molar-refractivity contribution in [3.8, 4) is 17.1 Å². The van der Waals surface area contributed by atoms with Gasteiger partial charge in [-0.3, -0.25) is 0 Å². The summed E-state index contributed by atoms with van der Waals surface area (Å²) in [4.78, 5) is 16.5. The van der Waals surface area contributed by atoms with Crippen LogP contribution in [0.2, 0.25) is 0 Å². The Morgan fingerprint density at radius 3 is 2.59 bits per heavy atom. The van der Waals surface area contributed by atoms with Gasteiger partial charge in [0.2, 0.25) is 5.90 Å². The summed E-state index contributed by atoms with van der Waals surface area (Å²) in [6.45, 7) is 0. The van der Waals surface area contributed by atoms with Crippen LogP contribution in [0.5, 0.6) is 5.75 Å². The Labute approximate surface area is 164 Å². The smallest absolute Gasteiger partial charge is 0.363 e. The van der Waals surface area contributed by atoms with Crippen molar-refractivity contribution in [1.29, 1.82) is 0 Å². The van der Waals surface area contributed by atoms with Crippen molar-refractivity contribution in [3.05, 3.63) is 82.2 Å². The Morgan fingerprint density at radius 2 is 1.81 bits per heavy atom. The average molecular weight is 424 g/mol. The van der Waals surface area contributed by atoms with E-state index in [0.717, 1.165) is 10.0 Å². The number of methoxy groups -OCH3 is 1. The lowest BCUT2D eigenvalue weighted by molar-refractivity contribution is -0.129. The lowest BCUT2D eigenvalue weighted by Crippen LogP contribution is -2.06. The second-order valence-electron chi connectivity index (χ2n) is 5.75. The number of ether oxygens (including phenoxy) is 2. The number of furan rings is 1. The maximum atomic E-state index is 12.2. The molecular weight excluding hydrogens is 410 g/mol. The molecule has 27 heavy (non-hydrogen) atoms. The first-order valence-electron chi connectivity index (χ1n) is 8.16. The van der Waals surface area contributed by atoms with Gasteiger partial charge in [-0.2, -0.15) is 0 Å². The Balaban J connectivity index is 1.63. The predicted molar refractivity (Wildman–Crippen MR) is 105 cm³/mol. The fourth-order valence-electron chi connectivity index (χ4n) is 2.68. The lowest BCUT2D eigenvalue weighted by Gasteiger charge is -2.05. The third-order valence-corrected chi connectivity index (χ3v) is 4.52. The fourth-order valence-corrected chi connectivity index (χ4v) is 2.94. The van der Waals surface area contributed by atoms with Gasteiger partial charge in [0.1, 0.15) is 17.3 Å². The van der Waals surface area contributed by atoms with Crippen LogP contribution in [0.15, 0.2) is 80.2 Å². The molecule has 134 valence electrons. The van der Waals surface area contributed by atoms with Gasteiger partial charge in [-0.15, -0.1) is 0 Å². The molecule has 5 nitrogen and oxygen atoms in total. The molecule has 4 rings (SSSR count). The summed E-state index contributed by atoms with van der Waals surface area (Å²) in [6, 6.07) is 18.6. The van der Waals surface area contributed by atoms with E-state index in [2.05, 4.69) is 20.9 Å². The summed E-state index contributed by atoms with van der Waals surface area (Å²) in [6.07, 6.45) is 1.56. The minimum Gasteiger partial charge on any atom is -0.496 e. The maximum Gasteiger partial charge on any atom is 0.363 e. The number of para-hydroxylation sites is 1. The highest BCUT2D eigenvalue weighted by molar-refractivity contribution is 9.10. The first kappa shape index (κ1) is 17.3. The van der Waals surface area contributed by atoms with Crippen LogP contribution >= 0.6 is 15.9 Å². The van der Waals surface area contributed by atoms with E-state index in [-0.39, 0.29) is 11.6 Å². The zero-order valence-corrected chi connectivity index (χ0v) is 15.9. The van der Waals surface area contributed by atoms with Gasteiger partial charge in [0.15, 0.2) is 5.70 Å². The van der Waals surface area contributed by atoms with E-state index < -0.39 is 5.97 Å². The van der Waals surface area contributed by atoms with E-state index in [9.17, 15) is 4.79 Å². The van der Waals surface area contributed by atoms with Crippen molar-refractivity contribution < 1.29 is 18.7 Å². The summed E-state index contributed by atoms with van der Waals surface area (Å²) in [7, 11) is 1.55. The third kappa shape index (κ3) is 3.57. The highest BCUT2D eigenvalue weighted by atomic mass is 79.9. The SMILES string of the molecule is COc1ccccc1C1=N/C(=C\c2ccc(-c3ccc(Br)cc3)o2)C(=O)O1. The van der Waals surface area contributed by atoms with Crippen LogP contribution in [0.4, 0.5) is 0 Å². The molecule has 3 aromatic rings. The number of rotatable bonds is 4. The molecule has 0 amide bonds. The molecule has 2 heterocycles. The van der Waals surface area contributed by atoms with Crippen LogP contribution in [0.1, 0.15) is 11.3 Å². The topological polar surface area (TPSA) is 61.0 Å². The van der Waals surface area contributed by atoms with Crippen molar-refractivity contribution >= 4 is 33.9 Å². The van der Waals surface area contributed by atoms with Crippen molar-refractivity contribution in [2.24, 2.45) is 4.99 Å². The Morgan fingerprint density at radius 1 is 1.04 bits per heavy atom. The summed E-state index contributed by atoms with van der Waals surface area (Å²) in [5.74, 6) is 1.49. The quantitative estimate of drug-likeness (QED) is 0.434. The predicted octanol–water partition coefficient (Wildman–Crippen LogP) is 5.06. The number of cyclic esters (lactones) is 1. The largest absolute Gasteiger partial charge is 0.496 e. The maximum absolute atomic E-state index is 12.2. The van der Waals surface area contributed by atoms with Crippen molar-refractivity contribution in [1.82, 2.24) is 0 Å². The summed E-state index contributed by atoms with van der Waals surface area (Å²) >= 11 is 3.41. The lowest BCUT2D eigenvalue weighted by atomic mass is 10.2. The van der Waals surface area contributed by atoms with E-state index in [1.807, 2.05) is 42.5 Å². The molecular formula is C21H14BrNO4.